The molecule has 5 N–H and O–H groups in total. The molecule has 10 heteroatoms. The Balaban J connectivity index is 1.90. The minimum atomic E-state index is -2.41. The van der Waals surface area contributed by atoms with Crippen LogP contribution in [0, 0.1) is 6.92 Å². The number of nitrogen functional groups attached to an aromatic ring is 2. The summed E-state index contributed by atoms with van der Waals surface area (Å²) in [5, 5.41) is 3.19. The van der Waals surface area contributed by atoms with E-state index in [4.69, 9.17) is 25.7 Å². The molecular formula is C26H30N3O6S-. The third-order valence-corrected chi connectivity index (χ3v) is 6.37. The van der Waals surface area contributed by atoms with E-state index in [1.54, 1.807) is 37.3 Å². The zero-order chi connectivity index (χ0) is 26.2. The Morgan fingerprint density at radius 2 is 1.83 bits per heavy atom. The molecular weight excluding hydrogens is 482 g/mol. The van der Waals surface area contributed by atoms with Crippen molar-refractivity contribution in [2.24, 2.45) is 0 Å². The van der Waals surface area contributed by atoms with Crippen molar-refractivity contribution >= 4 is 34.1 Å². The molecule has 2 unspecified atom stereocenters. The fourth-order valence-corrected chi connectivity index (χ4v) is 4.28. The van der Waals surface area contributed by atoms with Crippen molar-refractivity contribution in [2.75, 3.05) is 37.2 Å². The maximum Gasteiger partial charge on any atom is 0.306 e. The number of methoxy groups -OCH3 is 1. The monoisotopic (exact) mass is 512 g/mol. The Morgan fingerprint density at radius 1 is 1.08 bits per heavy atom. The van der Waals surface area contributed by atoms with Crippen molar-refractivity contribution in [3.63, 3.8) is 0 Å². The predicted octanol–water partition coefficient (Wildman–Crippen LogP) is 3.94. The van der Waals surface area contributed by atoms with Gasteiger partial charge in [-0.05, 0) is 72.0 Å². The number of ether oxygens (including phenoxy) is 3. The second-order valence-electron chi connectivity index (χ2n) is 8.01. The van der Waals surface area contributed by atoms with E-state index < -0.39 is 11.1 Å². The Morgan fingerprint density at radius 3 is 2.53 bits per heavy atom. The highest BCUT2D eigenvalue weighted by molar-refractivity contribution is 7.79. The van der Waals surface area contributed by atoms with Crippen LogP contribution in [0.1, 0.15) is 36.0 Å². The third kappa shape index (κ3) is 6.46. The summed E-state index contributed by atoms with van der Waals surface area (Å²) in [6.45, 7) is 3.99. The molecule has 0 heterocycles. The largest absolute Gasteiger partial charge is 0.768 e. The van der Waals surface area contributed by atoms with Crippen LogP contribution in [0.5, 0.6) is 11.5 Å². The Hall–Kier alpha value is -3.76. The summed E-state index contributed by atoms with van der Waals surface area (Å²) in [6.07, 6.45) is 0.0854. The van der Waals surface area contributed by atoms with E-state index in [0.717, 1.165) is 22.4 Å². The molecule has 0 spiro atoms. The van der Waals surface area contributed by atoms with Crippen LogP contribution in [0.3, 0.4) is 0 Å². The molecule has 0 fully saturated rings. The second-order valence-corrected chi connectivity index (χ2v) is 8.92. The normalized spacial score (nSPS) is 12.4. The van der Waals surface area contributed by atoms with Crippen LogP contribution in [-0.2, 0) is 20.6 Å². The fourth-order valence-electron chi connectivity index (χ4n) is 3.80. The lowest BCUT2D eigenvalue weighted by Crippen LogP contribution is -2.14. The molecule has 0 aliphatic rings. The van der Waals surface area contributed by atoms with E-state index in [2.05, 4.69) is 5.32 Å². The van der Waals surface area contributed by atoms with Crippen LogP contribution < -0.4 is 26.3 Å². The van der Waals surface area contributed by atoms with Crippen molar-refractivity contribution in [2.45, 2.75) is 31.1 Å². The second kappa shape index (κ2) is 12.3. The van der Waals surface area contributed by atoms with Gasteiger partial charge < -0.3 is 35.5 Å². The lowest BCUT2D eigenvalue weighted by Gasteiger charge is -2.21. The van der Waals surface area contributed by atoms with Crippen LogP contribution >= 0.6 is 0 Å². The third-order valence-electron chi connectivity index (χ3n) is 5.68. The van der Waals surface area contributed by atoms with Crippen LogP contribution in [0.15, 0.2) is 59.5 Å². The molecule has 36 heavy (non-hydrogen) atoms. The number of hydrogen-bond donors (Lipinski definition) is 3. The highest BCUT2D eigenvalue weighted by atomic mass is 32.2. The zero-order valence-corrected chi connectivity index (χ0v) is 21.2. The number of aryl methyl sites for hydroxylation is 1. The van der Waals surface area contributed by atoms with Crippen LogP contribution in [-0.4, -0.2) is 35.2 Å². The smallest absolute Gasteiger partial charge is 0.306 e. The number of nitrogens with two attached hydrogens (primary N) is 2. The van der Waals surface area contributed by atoms with Crippen molar-refractivity contribution < 1.29 is 27.8 Å². The van der Waals surface area contributed by atoms with E-state index in [-0.39, 0.29) is 42.3 Å². The number of benzene rings is 3. The van der Waals surface area contributed by atoms with E-state index in [1.807, 2.05) is 25.1 Å². The lowest BCUT2D eigenvalue weighted by molar-refractivity contribution is -0.143. The van der Waals surface area contributed by atoms with Gasteiger partial charge in [0.15, 0.2) is 6.73 Å². The van der Waals surface area contributed by atoms with Gasteiger partial charge >= 0.3 is 5.97 Å². The number of carbonyl (C=O) groups is 1. The molecule has 192 valence electrons. The first-order valence-electron chi connectivity index (χ1n) is 11.3. The first kappa shape index (κ1) is 26.8. The summed E-state index contributed by atoms with van der Waals surface area (Å²) in [4.78, 5) is 12.6. The van der Waals surface area contributed by atoms with Crippen molar-refractivity contribution in [1.82, 2.24) is 0 Å². The van der Waals surface area contributed by atoms with Crippen molar-refractivity contribution in [3.05, 3.63) is 71.3 Å². The van der Waals surface area contributed by atoms with E-state index in [9.17, 15) is 13.6 Å². The Labute approximate surface area is 213 Å². The number of esters is 1. The highest BCUT2D eigenvalue weighted by Gasteiger charge is 2.22. The van der Waals surface area contributed by atoms with E-state index >= 15 is 0 Å². The minimum absolute atomic E-state index is 0.0314. The van der Waals surface area contributed by atoms with Gasteiger partial charge in [0, 0.05) is 11.6 Å². The SMILES string of the molecule is CCOC(=O)CC(c1ccc(C)c(NCOc2ccccc2S(=O)[O-])c1)c1cc(N)c(N)c(OC)c1. The first-order chi connectivity index (χ1) is 17.2. The van der Waals surface area contributed by atoms with Gasteiger partial charge in [0.25, 0.3) is 0 Å². The molecule has 0 saturated heterocycles. The first-order valence-corrected chi connectivity index (χ1v) is 12.4. The topological polar surface area (TPSA) is 149 Å². The van der Waals surface area contributed by atoms with Gasteiger partial charge in [-0.25, -0.2) is 0 Å². The fraction of sp³-hybridized carbons (Fsp3) is 0.269. The minimum Gasteiger partial charge on any atom is -0.768 e. The summed E-state index contributed by atoms with van der Waals surface area (Å²) in [5.41, 5.74) is 16.1. The molecule has 3 aromatic carbocycles. The summed E-state index contributed by atoms with van der Waals surface area (Å²) in [7, 11) is 1.50. The van der Waals surface area contributed by atoms with Crippen molar-refractivity contribution in [1.29, 1.82) is 0 Å². The lowest BCUT2D eigenvalue weighted by atomic mass is 9.87. The van der Waals surface area contributed by atoms with E-state index in [0.29, 0.717) is 17.1 Å². The molecule has 9 nitrogen and oxygen atoms in total. The molecule has 0 aliphatic heterocycles. The van der Waals surface area contributed by atoms with Gasteiger partial charge in [-0.2, -0.15) is 0 Å². The summed E-state index contributed by atoms with van der Waals surface area (Å²) >= 11 is -2.41. The Kier molecular flexibility index (Phi) is 9.15. The van der Waals surface area contributed by atoms with Gasteiger partial charge in [0.05, 0.1) is 36.4 Å². The van der Waals surface area contributed by atoms with E-state index in [1.165, 1.54) is 13.2 Å². The van der Waals surface area contributed by atoms with Gasteiger partial charge in [-0.15, -0.1) is 0 Å². The maximum atomic E-state index is 12.5. The number of carbonyl (C=O) groups excluding carboxylic acids is 1. The molecule has 0 aliphatic carbocycles. The molecule has 0 aromatic heterocycles. The molecule has 2 atom stereocenters. The van der Waals surface area contributed by atoms with Gasteiger partial charge in [-0.1, -0.05) is 24.3 Å². The van der Waals surface area contributed by atoms with Crippen molar-refractivity contribution in [3.8, 4) is 11.5 Å². The standard InChI is InChI=1S/C26H31N3O6S/c1-4-34-25(30)14-19(18-11-20(27)26(28)23(13-18)33-3)17-10-9-16(2)21(12-17)29-15-35-22-7-5-6-8-24(22)36(31)32/h5-13,19,29H,4,14-15,27-28H2,1-3H3,(H,31,32)/p-1. The van der Waals surface area contributed by atoms with Gasteiger partial charge in [-0.3, -0.25) is 9.00 Å². The van der Waals surface area contributed by atoms with Gasteiger partial charge in [0.2, 0.25) is 0 Å². The average molecular weight is 513 g/mol. The van der Waals surface area contributed by atoms with Crippen LogP contribution in [0.4, 0.5) is 17.1 Å². The zero-order valence-electron chi connectivity index (χ0n) is 20.4. The summed E-state index contributed by atoms with van der Waals surface area (Å²) in [6, 6.07) is 15.7. The number of hydrogen-bond acceptors (Lipinski definition) is 9. The quantitative estimate of drug-likeness (QED) is 0.150. The predicted molar refractivity (Wildman–Crippen MR) is 139 cm³/mol. The number of rotatable bonds is 11. The molecule has 0 saturated carbocycles. The molecule has 0 amide bonds. The average Bonchev–Trinajstić information content (AvgIpc) is 2.86. The summed E-state index contributed by atoms with van der Waals surface area (Å²) in [5.74, 6) is -0.0621. The number of para-hydroxylation sites is 1. The van der Waals surface area contributed by atoms with Gasteiger partial charge in [0.1, 0.15) is 11.5 Å². The molecule has 0 bridgehead atoms. The summed E-state index contributed by atoms with van der Waals surface area (Å²) < 4.78 is 39.1. The Bertz CT molecular complexity index is 1250. The number of nitrogens with one attached hydrogen (secondary N) is 1. The molecule has 0 radical (unpaired) electrons. The highest BCUT2D eigenvalue weighted by Crippen LogP contribution is 2.37. The van der Waals surface area contributed by atoms with Crippen LogP contribution in [0.2, 0.25) is 0 Å². The molecule has 3 rings (SSSR count). The van der Waals surface area contributed by atoms with Crippen LogP contribution in [0.25, 0.3) is 0 Å². The number of anilines is 3. The maximum absolute atomic E-state index is 12.5. The molecule has 3 aromatic rings.